The Morgan fingerprint density at radius 1 is 1.45 bits per heavy atom. The number of amides is 1. The Morgan fingerprint density at radius 3 is 2.95 bits per heavy atom. The van der Waals surface area contributed by atoms with E-state index in [0.717, 1.165) is 32.8 Å². The number of nitrogens with zero attached hydrogens (tertiary/aromatic N) is 1. The van der Waals surface area contributed by atoms with Gasteiger partial charge in [-0.1, -0.05) is 6.08 Å². The zero-order chi connectivity index (χ0) is 15.8. The minimum absolute atomic E-state index is 0.169. The first kappa shape index (κ1) is 16.3. The predicted octanol–water partition coefficient (Wildman–Crippen LogP) is 0.896. The Labute approximate surface area is 130 Å². The van der Waals surface area contributed by atoms with Crippen LogP contribution in [0.2, 0.25) is 0 Å². The Kier molecular flexibility index (Phi) is 6.24. The molecule has 22 heavy (non-hydrogen) atoms. The molecule has 1 saturated heterocycles. The maximum absolute atomic E-state index is 11.9. The van der Waals surface area contributed by atoms with Gasteiger partial charge in [0.1, 0.15) is 12.4 Å². The number of morpholine rings is 1. The van der Waals surface area contributed by atoms with Crippen molar-refractivity contribution >= 4 is 11.6 Å². The van der Waals surface area contributed by atoms with Gasteiger partial charge in [-0.05, 0) is 18.2 Å². The number of ether oxygens (including phenoxy) is 2. The molecule has 0 unspecified atom stereocenters. The molecule has 1 amide bonds. The number of benzene rings is 1. The topological polar surface area (TPSA) is 76.8 Å². The third-order valence-corrected chi connectivity index (χ3v) is 3.45. The van der Waals surface area contributed by atoms with Crippen LogP contribution in [0.25, 0.3) is 0 Å². The normalized spacial score (nSPS) is 15.3. The summed E-state index contributed by atoms with van der Waals surface area (Å²) in [5.74, 6) is 0.373. The molecule has 1 fully saturated rings. The van der Waals surface area contributed by atoms with E-state index in [-0.39, 0.29) is 5.91 Å². The molecule has 1 aliphatic rings. The average Bonchev–Trinajstić information content (AvgIpc) is 2.55. The number of hydrogen-bond donors (Lipinski definition) is 2. The van der Waals surface area contributed by atoms with Crippen molar-refractivity contribution in [1.82, 2.24) is 10.2 Å². The van der Waals surface area contributed by atoms with Crippen molar-refractivity contribution in [3.63, 3.8) is 0 Å². The third-order valence-electron chi connectivity index (χ3n) is 3.45. The molecule has 0 spiro atoms. The monoisotopic (exact) mass is 305 g/mol. The first-order valence-corrected chi connectivity index (χ1v) is 7.42. The molecule has 0 bridgehead atoms. The Morgan fingerprint density at radius 2 is 2.23 bits per heavy atom. The molecule has 1 aromatic carbocycles. The summed E-state index contributed by atoms with van der Waals surface area (Å²) in [4.78, 5) is 14.2. The lowest BCUT2D eigenvalue weighted by Gasteiger charge is -2.26. The van der Waals surface area contributed by atoms with Crippen LogP contribution in [0.3, 0.4) is 0 Å². The van der Waals surface area contributed by atoms with Gasteiger partial charge in [0.25, 0.3) is 5.91 Å². The summed E-state index contributed by atoms with van der Waals surface area (Å²) in [5, 5.41) is 2.73. The fourth-order valence-corrected chi connectivity index (χ4v) is 2.18. The molecule has 1 aliphatic heterocycles. The summed E-state index contributed by atoms with van der Waals surface area (Å²) >= 11 is 0. The molecule has 6 heteroatoms. The van der Waals surface area contributed by atoms with Crippen LogP contribution < -0.4 is 15.8 Å². The van der Waals surface area contributed by atoms with Crippen molar-refractivity contribution in [1.29, 1.82) is 0 Å². The minimum Gasteiger partial charge on any atom is -0.490 e. The summed E-state index contributed by atoms with van der Waals surface area (Å²) in [6.07, 6.45) is 1.63. The number of anilines is 1. The number of rotatable bonds is 7. The number of carbonyl (C=O) groups excluding carboxylic acids is 1. The van der Waals surface area contributed by atoms with Crippen molar-refractivity contribution in [2.45, 2.75) is 0 Å². The van der Waals surface area contributed by atoms with Gasteiger partial charge < -0.3 is 20.5 Å². The van der Waals surface area contributed by atoms with Gasteiger partial charge in [0.05, 0.1) is 18.9 Å². The molecule has 0 radical (unpaired) electrons. The molecule has 1 heterocycles. The van der Waals surface area contributed by atoms with Gasteiger partial charge in [-0.2, -0.15) is 0 Å². The summed E-state index contributed by atoms with van der Waals surface area (Å²) in [5.41, 5.74) is 6.96. The Balaban J connectivity index is 1.88. The van der Waals surface area contributed by atoms with Crippen LogP contribution in [-0.2, 0) is 4.74 Å². The van der Waals surface area contributed by atoms with Gasteiger partial charge >= 0.3 is 0 Å². The Bertz CT molecular complexity index is 513. The largest absolute Gasteiger partial charge is 0.490 e. The van der Waals surface area contributed by atoms with Gasteiger partial charge in [0.2, 0.25) is 0 Å². The highest BCUT2D eigenvalue weighted by Gasteiger charge is 2.12. The molecule has 2 rings (SSSR count). The quantitative estimate of drug-likeness (QED) is 0.578. The zero-order valence-electron chi connectivity index (χ0n) is 12.7. The van der Waals surface area contributed by atoms with Crippen LogP contribution in [0.4, 0.5) is 5.69 Å². The summed E-state index contributed by atoms with van der Waals surface area (Å²) in [6.45, 7) is 8.71. The summed E-state index contributed by atoms with van der Waals surface area (Å²) < 4.78 is 11.0. The van der Waals surface area contributed by atoms with E-state index in [0.29, 0.717) is 30.2 Å². The third kappa shape index (κ3) is 4.75. The smallest absolute Gasteiger partial charge is 0.251 e. The number of nitrogens with one attached hydrogen (secondary N) is 1. The predicted molar refractivity (Wildman–Crippen MR) is 86.1 cm³/mol. The second-order valence-electron chi connectivity index (χ2n) is 5.05. The van der Waals surface area contributed by atoms with Gasteiger partial charge in [-0.15, -0.1) is 6.58 Å². The molecule has 6 nitrogen and oxygen atoms in total. The molecule has 120 valence electrons. The highest BCUT2D eigenvalue weighted by atomic mass is 16.5. The maximum atomic E-state index is 11.9. The van der Waals surface area contributed by atoms with Crippen molar-refractivity contribution in [3.8, 4) is 5.75 Å². The fraction of sp³-hybridized carbons (Fsp3) is 0.438. The van der Waals surface area contributed by atoms with E-state index in [1.807, 2.05) is 0 Å². The first-order chi connectivity index (χ1) is 10.7. The maximum Gasteiger partial charge on any atom is 0.251 e. The van der Waals surface area contributed by atoms with E-state index in [2.05, 4.69) is 16.8 Å². The van der Waals surface area contributed by atoms with Gasteiger partial charge in [-0.3, -0.25) is 9.69 Å². The van der Waals surface area contributed by atoms with Crippen LogP contribution in [0.1, 0.15) is 10.4 Å². The van der Waals surface area contributed by atoms with Crippen LogP contribution >= 0.6 is 0 Å². The van der Waals surface area contributed by atoms with E-state index in [1.165, 1.54) is 0 Å². The van der Waals surface area contributed by atoms with Crippen LogP contribution in [0.5, 0.6) is 5.75 Å². The highest BCUT2D eigenvalue weighted by molar-refractivity contribution is 5.95. The number of hydrogen-bond acceptors (Lipinski definition) is 5. The minimum atomic E-state index is -0.169. The van der Waals surface area contributed by atoms with Crippen molar-refractivity contribution < 1.29 is 14.3 Å². The lowest BCUT2D eigenvalue weighted by molar-refractivity contribution is 0.0323. The van der Waals surface area contributed by atoms with E-state index >= 15 is 0 Å². The van der Waals surface area contributed by atoms with Crippen molar-refractivity contribution in [2.24, 2.45) is 0 Å². The fourth-order valence-electron chi connectivity index (χ4n) is 2.18. The standard InChI is InChI=1S/C16H23N3O3/c1-2-5-18-16(20)13-3-4-14(17)15(12-13)22-11-8-19-6-9-21-10-7-19/h2-4,12H,1,5-11,17H2,(H,18,20). The molecule has 0 saturated carbocycles. The Hall–Kier alpha value is -2.05. The van der Waals surface area contributed by atoms with Crippen molar-refractivity contribution in [2.75, 3.05) is 51.7 Å². The SMILES string of the molecule is C=CCNC(=O)c1ccc(N)c(OCCN2CCOCC2)c1. The average molecular weight is 305 g/mol. The zero-order valence-corrected chi connectivity index (χ0v) is 12.7. The molecule has 0 aromatic heterocycles. The molecular weight excluding hydrogens is 282 g/mol. The summed E-state index contributed by atoms with van der Waals surface area (Å²) in [6, 6.07) is 5.04. The molecule has 0 aliphatic carbocycles. The van der Waals surface area contributed by atoms with E-state index < -0.39 is 0 Å². The van der Waals surface area contributed by atoms with Gasteiger partial charge in [0, 0.05) is 31.7 Å². The highest BCUT2D eigenvalue weighted by Crippen LogP contribution is 2.22. The number of carbonyl (C=O) groups is 1. The summed E-state index contributed by atoms with van der Waals surface area (Å²) in [7, 11) is 0. The second kappa shape index (κ2) is 8.41. The lowest BCUT2D eigenvalue weighted by Crippen LogP contribution is -2.38. The molecule has 3 N–H and O–H groups in total. The van der Waals surface area contributed by atoms with Crippen LogP contribution in [0.15, 0.2) is 30.9 Å². The molecular formula is C16H23N3O3. The van der Waals surface area contributed by atoms with E-state index in [1.54, 1.807) is 24.3 Å². The second-order valence-corrected chi connectivity index (χ2v) is 5.05. The molecule has 1 aromatic rings. The van der Waals surface area contributed by atoms with Crippen LogP contribution in [0, 0.1) is 0 Å². The van der Waals surface area contributed by atoms with Crippen molar-refractivity contribution in [3.05, 3.63) is 36.4 Å². The lowest BCUT2D eigenvalue weighted by atomic mass is 10.2. The van der Waals surface area contributed by atoms with Crippen LogP contribution in [-0.4, -0.2) is 56.8 Å². The van der Waals surface area contributed by atoms with Gasteiger partial charge in [-0.25, -0.2) is 0 Å². The number of nitrogens with two attached hydrogens (primary N) is 1. The van der Waals surface area contributed by atoms with E-state index in [4.69, 9.17) is 15.2 Å². The van der Waals surface area contributed by atoms with E-state index in [9.17, 15) is 4.79 Å². The molecule has 0 atom stereocenters. The van der Waals surface area contributed by atoms with Gasteiger partial charge in [0.15, 0.2) is 0 Å². The first-order valence-electron chi connectivity index (χ1n) is 7.42. The number of nitrogen functional groups attached to an aromatic ring is 1.